The Hall–Kier alpha value is -1.26. The first-order valence-corrected chi connectivity index (χ1v) is 5.00. The van der Waals surface area contributed by atoms with Gasteiger partial charge in [-0.05, 0) is 24.6 Å². The highest BCUT2D eigenvalue weighted by molar-refractivity contribution is 6.30. The number of hydrazine groups is 1. The molecule has 0 saturated heterocycles. The highest BCUT2D eigenvalue weighted by Gasteiger charge is 2.06. The fourth-order valence-corrected chi connectivity index (χ4v) is 1.43. The van der Waals surface area contributed by atoms with Gasteiger partial charge in [-0.25, -0.2) is 5.84 Å². The summed E-state index contributed by atoms with van der Waals surface area (Å²) in [5, 5.41) is 3.83. The predicted octanol–water partition coefficient (Wildman–Crippen LogP) is 1.44. The number of nitrogens with one attached hydrogen (secondary N) is 2. The van der Waals surface area contributed by atoms with Gasteiger partial charge in [0.25, 0.3) is 0 Å². The SMILES string of the molecule is CN=C(NN)NC(C)c1cccc(Cl)c1. The number of hydrogen-bond donors (Lipinski definition) is 3. The number of rotatable bonds is 2. The monoisotopic (exact) mass is 226 g/mol. The molecule has 0 radical (unpaired) electrons. The number of nitrogens with zero attached hydrogens (tertiary/aromatic N) is 1. The molecule has 0 amide bonds. The molecule has 0 aliphatic rings. The van der Waals surface area contributed by atoms with E-state index in [2.05, 4.69) is 15.7 Å². The average Bonchev–Trinajstić information content (AvgIpc) is 2.25. The molecule has 15 heavy (non-hydrogen) atoms. The van der Waals surface area contributed by atoms with Crippen LogP contribution in [0.1, 0.15) is 18.5 Å². The zero-order chi connectivity index (χ0) is 11.3. The lowest BCUT2D eigenvalue weighted by atomic mass is 10.1. The molecular weight excluding hydrogens is 212 g/mol. The number of halogens is 1. The van der Waals surface area contributed by atoms with Crippen molar-refractivity contribution in [2.24, 2.45) is 10.8 Å². The average molecular weight is 227 g/mol. The number of hydrogen-bond acceptors (Lipinski definition) is 2. The number of guanidine groups is 1. The summed E-state index contributed by atoms with van der Waals surface area (Å²) < 4.78 is 0. The van der Waals surface area contributed by atoms with Crippen molar-refractivity contribution < 1.29 is 0 Å². The first kappa shape index (κ1) is 11.8. The molecule has 4 nitrogen and oxygen atoms in total. The van der Waals surface area contributed by atoms with Gasteiger partial charge in [-0.3, -0.25) is 10.4 Å². The van der Waals surface area contributed by atoms with Crippen LogP contribution < -0.4 is 16.6 Å². The van der Waals surface area contributed by atoms with E-state index in [4.69, 9.17) is 17.4 Å². The molecule has 1 unspecified atom stereocenters. The lowest BCUT2D eigenvalue weighted by Crippen LogP contribution is -2.42. The Morgan fingerprint density at radius 1 is 1.53 bits per heavy atom. The van der Waals surface area contributed by atoms with Crippen molar-refractivity contribution in [2.45, 2.75) is 13.0 Å². The Balaban J connectivity index is 2.72. The number of aliphatic imine (C=N–C) groups is 1. The summed E-state index contributed by atoms with van der Waals surface area (Å²) in [5.41, 5.74) is 3.56. The second-order valence-corrected chi connectivity index (χ2v) is 3.57. The Kier molecular flexibility index (Phi) is 4.39. The Bertz CT molecular complexity index is 351. The van der Waals surface area contributed by atoms with E-state index in [0.29, 0.717) is 5.96 Å². The molecule has 0 fully saturated rings. The molecule has 0 bridgehead atoms. The lowest BCUT2D eigenvalue weighted by molar-refractivity contribution is 0.692. The molecule has 0 aliphatic carbocycles. The quantitative estimate of drug-likeness (QED) is 0.310. The molecule has 1 rings (SSSR count). The number of benzene rings is 1. The summed E-state index contributed by atoms with van der Waals surface area (Å²) in [6, 6.07) is 7.75. The van der Waals surface area contributed by atoms with E-state index in [-0.39, 0.29) is 6.04 Å². The zero-order valence-electron chi connectivity index (χ0n) is 8.79. The molecule has 0 heterocycles. The minimum absolute atomic E-state index is 0.0958. The third kappa shape index (κ3) is 3.42. The van der Waals surface area contributed by atoms with E-state index in [9.17, 15) is 0 Å². The van der Waals surface area contributed by atoms with Crippen molar-refractivity contribution in [3.8, 4) is 0 Å². The smallest absolute Gasteiger partial charge is 0.205 e. The van der Waals surface area contributed by atoms with Crippen LogP contribution in [0.2, 0.25) is 5.02 Å². The van der Waals surface area contributed by atoms with Crippen LogP contribution in [0.25, 0.3) is 0 Å². The third-order valence-electron chi connectivity index (χ3n) is 2.06. The van der Waals surface area contributed by atoms with Gasteiger partial charge in [-0.2, -0.15) is 0 Å². The zero-order valence-corrected chi connectivity index (χ0v) is 9.55. The minimum atomic E-state index is 0.0958. The first-order valence-electron chi connectivity index (χ1n) is 4.62. The van der Waals surface area contributed by atoms with Gasteiger partial charge in [-0.1, -0.05) is 23.7 Å². The van der Waals surface area contributed by atoms with Crippen molar-refractivity contribution in [2.75, 3.05) is 7.05 Å². The minimum Gasteiger partial charge on any atom is -0.349 e. The maximum atomic E-state index is 5.89. The molecule has 0 aliphatic heterocycles. The van der Waals surface area contributed by atoms with Crippen LogP contribution in [0.5, 0.6) is 0 Å². The van der Waals surface area contributed by atoms with Crippen LogP contribution in [0.4, 0.5) is 0 Å². The van der Waals surface area contributed by atoms with Gasteiger partial charge in [0.1, 0.15) is 0 Å². The third-order valence-corrected chi connectivity index (χ3v) is 2.30. The van der Waals surface area contributed by atoms with Gasteiger partial charge in [0.05, 0.1) is 6.04 Å². The molecule has 0 aromatic heterocycles. The van der Waals surface area contributed by atoms with E-state index < -0.39 is 0 Å². The molecule has 1 aromatic rings. The second-order valence-electron chi connectivity index (χ2n) is 3.14. The summed E-state index contributed by atoms with van der Waals surface area (Å²) in [5.74, 6) is 5.81. The van der Waals surface area contributed by atoms with Crippen LogP contribution in [-0.4, -0.2) is 13.0 Å². The van der Waals surface area contributed by atoms with E-state index in [1.54, 1.807) is 7.05 Å². The summed E-state index contributed by atoms with van der Waals surface area (Å²) in [6.45, 7) is 2.01. The van der Waals surface area contributed by atoms with E-state index in [1.165, 1.54) is 0 Å². The van der Waals surface area contributed by atoms with Gasteiger partial charge in [-0.15, -0.1) is 0 Å². The molecule has 4 N–H and O–H groups in total. The van der Waals surface area contributed by atoms with Gasteiger partial charge in [0.15, 0.2) is 0 Å². The van der Waals surface area contributed by atoms with Crippen molar-refractivity contribution in [3.63, 3.8) is 0 Å². The molecule has 0 saturated carbocycles. The van der Waals surface area contributed by atoms with Crippen LogP contribution in [0.3, 0.4) is 0 Å². The first-order chi connectivity index (χ1) is 7.17. The van der Waals surface area contributed by atoms with Gasteiger partial charge < -0.3 is 5.32 Å². The standard InChI is InChI=1S/C10H15ClN4/c1-7(14-10(13-2)15-12)8-4-3-5-9(11)6-8/h3-7H,12H2,1-2H3,(H2,13,14,15). The van der Waals surface area contributed by atoms with Crippen molar-refractivity contribution in [1.82, 2.24) is 10.7 Å². The maximum absolute atomic E-state index is 5.89. The fourth-order valence-electron chi connectivity index (χ4n) is 1.24. The van der Waals surface area contributed by atoms with Gasteiger partial charge in [0, 0.05) is 12.1 Å². The Labute approximate surface area is 94.5 Å². The summed E-state index contributed by atoms with van der Waals surface area (Å²) in [6.07, 6.45) is 0. The fraction of sp³-hybridized carbons (Fsp3) is 0.300. The van der Waals surface area contributed by atoms with E-state index in [1.807, 2.05) is 31.2 Å². The van der Waals surface area contributed by atoms with Crippen LogP contribution in [-0.2, 0) is 0 Å². The van der Waals surface area contributed by atoms with E-state index >= 15 is 0 Å². The second kappa shape index (κ2) is 5.58. The largest absolute Gasteiger partial charge is 0.349 e. The van der Waals surface area contributed by atoms with Crippen molar-refractivity contribution in [3.05, 3.63) is 34.9 Å². The highest BCUT2D eigenvalue weighted by atomic mass is 35.5. The predicted molar refractivity (Wildman–Crippen MR) is 63.7 cm³/mol. The molecule has 5 heteroatoms. The van der Waals surface area contributed by atoms with Crippen LogP contribution in [0.15, 0.2) is 29.3 Å². The van der Waals surface area contributed by atoms with Gasteiger partial charge >= 0.3 is 0 Å². The molecule has 1 atom stereocenters. The topological polar surface area (TPSA) is 62.4 Å². The van der Waals surface area contributed by atoms with E-state index in [0.717, 1.165) is 10.6 Å². The van der Waals surface area contributed by atoms with Gasteiger partial charge in [0.2, 0.25) is 5.96 Å². The molecule has 1 aromatic carbocycles. The molecule has 82 valence electrons. The number of nitrogens with two attached hydrogens (primary N) is 1. The maximum Gasteiger partial charge on any atom is 0.205 e. The lowest BCUT2D eigenvalue weighted by Gasteiger charge is -2.16. The van der Waals surface area contributed by atoms with Crippen molar-refractivity contribution in [1.29, 1.82) is 0 Å². The summed E-state index contributed by atoms with van der Waals surface area (Å²) in [7, 11) is 1.66. The Morgan fingerprint density at radius 3 is 2.80 bits per heavy atom. The summed E-state index contributed by atoms with van der Waals surface area (Å²) >= 11 is 5.89. The normalized spacial score (nSPS) is 13.5. The Morgan fingerprint density at radius 2 is 2.27 bits per heavy atom. The molecular formula is C10H15ClN4. The highest BCUT2D eigenvalue weighted by Crippen LogP contribution is 2.16. The van der Waals surface area contributed by atoms with Crippen LogP contribution >= 0.6 is 11.6 Å². The molecule has 0 spiro atoms. The van der Waals surface area contributed by atoms with Crippen molar-refractivity contribution >= 4 is 17.6 Å². The van der Waals surface area contributed by atoms with Crippen LogP contribution in [0, 0.1) is 0 Å². The summed E-state index contributed by atoms with van der Waals surface area (Å²) in [4.78, 5) is 3.93.